The predicted octanol–water partition coefficient (Wildman–Crippen LogP) is 3.51. The quantitative estimate of drug-likeness (QED) is 0.693. The van der Waals surface area contributed by atoms with Crippen LogP contribution in [0.1, 0.15) is 32.3 Å². The second kappa shape index (κ2) is 9.68. The number of nitrogens with zero attached hydrogens (tertiary/aromatic N) is 1. The number of para-hydroxylation sites is 1. The summed E-state index contributed by atoms with van der Waals surface area (Å²) in [6.45, 7) is 3.58. The third kappa shape index (κ3) is 5.79. The predicted molar refractivity (Wildman–Crippen MR) is 110 cm³/mol. The van der Waals surface area contributed by atoms with Crippen LogP contribution in [-0.2, 0) is 21.2 Å². The summed E-state index contributed by atoms with van der Waals surface area (Å²) in [4.78, 5) is 12.8. The molecule has 0 saturated carbocycles. The highest BCUT2D eigenvalue weighted by atomic mass is 32.2. The van der Waals surface area contributed by atoms with E-state index < -0.39 is 27.8 Å². The van der Waals surface area contributed by atoms with Crippen LogP contribution in [-0.4, -0.2) is 32.7 Å². The van der Waals surface area contributed by atoms with Crippen LogP contribution < -0.4 is 9.62 Å². The zero-order chi connectivity index (χ0) is 20.7. The molecule has 0 spiro atoms. The van der Waals surface area contributed by atoms with E-state index in [0.29, 0.717) is 6.42 Å². The van der Waals surface area contributed by atoms with E-state index in [1.54, 1.807) is 13.0 Å². The van der Waals surface area contributed by atoms with Crippen LogP contribution in [0.5, 0.6) is 0 Å². The van der Waals surface area contributed by atoms with E-state index in [1.807, 2.05) is 37.3 Å². The fraction of sp³-hybridized carbons (Fsp3) is 0.381. The van der Waals surface area contributed by atoms with Gasteiger partial charge in [-0.25, -0.2) is 12.8 Å². The van der Waals surface area contributed by atoms with E-state index in [2.05, 4.69) is 5.32 Å². The maximum absolute atomic E-state index is 14.3. The number of carbonyl (C=O) groups excluding carboxylic acids is 1. The Kier molecular flexibility index (Phi) is 7.57. The van der Waals surface area contributed by atoms with Gasteiger partial charge in [-0.15, -0.1) is 0 Å². The maximum atomic E-state index is 14.3. The largest absolute Gasteiger partial charge is 0.352 e. The molecule has 0 aliphatic carbocycles. The number of anilines is 1. The highest BCUT2D eigenvalue weighted by molar-refractivity contribution is 7.92. The van der Waals surface area contributed by atoms with Gasteiger partial charge in [-0.05, 0) is 43.9 Å². The number of benzene rings is 2. The zero-order valence-electron chi connectivity index (χ0n) is 16.4. The molecule has 28 heavy (non-hydrogen) atoms. The lowest BCUT2D eigenvalue weighted by atomic mass is 10.1. The van der Waals surface area contributed by atoms with Gasteiger partial charge in [0.2, 0.25) is 15.9 Å². The molecular weight excluding hydrogens is 379 g/mol. The van der Waals surface area contributed by atoms with E-state index in [1.165, 1.54) is 23.8 Å². The Morgan fingerprint density at radius 2 is 1.71 bits per heavy atom. The Hall–Kier alpha value is -2.41. The van der Waals surface area contributed by atoms with Gasteiger partial charge in [0.05, 0.1) is 11.9 Å². The van der Waals surface area contributed by atoms with Crippen molar-refractivity contribution in [3.05, 3.63) is 66.0 Å². The van der Waals surface area contributed by atoms with Crippen LogP contribution in [0.3, 0.4) is 0 Å². The van der Waals surface area contributed by atoms with Gasteiger partial charge in [-0.1, -0.05) is 49.4 Å². The van der Waals surface area contributed by atoms with Gasteiger partial charge < -0.3 is 5.32 Å². The molecule has 7 heteroatoms. The number of aryl methyl sites for hydroxylation is 1. The number of amides is 1. The van der Waals surface area contributed by atoms with Crippen molar-refractivity contribution < 1.29 is 17.6 Å². The van der Waals surface area contributed by atoms with Crippen molar-refractivity contribution in [1.82, 2.24) is 5.32 Å². The molecule has 2 aromatic rings. The van der Waals surface area contributed by atoms with Crippen LogP contribution in [0.15, 0.2) is 54.6 Å². The van der Waals surface area contributed by atoms with Gasteiger partial charge in [-0.2, -0.15) is 0 Å². The normalized spacial score (nSPS) is 13.6. The maximum Gasteiger partial charge on any atom is 0.244 e. The van der Waals surface area contributed by atoms with Crippen molar-refractivity contribution in [3.8, 4) is 0 Å². The number of carbonyl (C=O) groups is 1. The Morgan fingerprint density at radius 1 is 1.11 bits per heavy atom. The van der Waals surface area contributed by atoms with Crippen molar-refractivity contribution in [2.45, 2.75) is 45.2 Å². The molecule has 2 aromatic carbocycles. The van der Waals surface area contributed by atoms with Crippen LogP contribution in [0.4, 0.5) is 10.1 Å². The molecule has 5 nitrogen and oxygen atoms in total. The topological polar surface area (TPSA) is 66.5 Å². The van der Waals surface area contributed by atoms with Crippen LogP contribution in [0.2, 0.25) is 0 Å². The number of sulfonamides is 1. The van der Waals surface area contributed by atoms with E-state index in [9.17, 15) is 17.6 Å². The summed E-state index contributed by atoms with van der Waals surface area (Å²) < 4.78 is 39.9. The summed E-state index contributed by atoms with van der Waals surface area (Å²) >= 11 is 0. The van der Waals surface area contributed by atoms with Crippen molar-refractivity contribution >= 4 is 21.6 Å². The molecule has 1 amide bonds. The van der Waals surface area contributed by atoms with Gasteiger partial charge in [0.25, 0.3) is 0 Å². The lowest BCUT2D eigenvalue weighted by Crippen LogP contribution is -2.51. The minimum atomic E-state index is -3.86. The molecule has 0 bridgehead atoms. The Morgan fingerprint density at radius 3 is 2.29 bits per heavy atom. The number of halogens is 1. The lowest BCUT2D eigenvalue weighted by molar-refractivity contribution is -0.122. The standard InChI is InChI=1S/C21H27FN2O3S/c1-4-19(24(28(3,26)27)20-13-9-8-12-18(20)22)21(25)23-16(2)14-15-17-10-6-5-7-11-17/h5-13,16,19H,4,14-15H2,1-3H3,(H,23,25)/t16-,19+/m1/s1. The third-order valence-electron chi connectivity index (χ3n) is 4.52. The first kappa shape index (κ1) is 21.9. The van der Waals surface area contributed by atoms with Gasteiger partial charge in [0, 0.05) is 6.04 Å². The van der Waals surface area contributed by atoms with Gasteiger partial charge in [-0.3, -0.25) is 9.10 Å². The second-order valence-electron chi connectivity index (χ2n) is 6.87. The molecule has 1 N–H and O–H groups in total. The second-order valence-corrected chi connectivity index (χ2v) is 8.73. The molecule has 0 saturated heterocycles. The molecule has 0 heterocycles. The SMILES string of the molecule is CC[C@@H](C(=O)N[C@H](C)CCc1ccccc1)N(c1ccccc1F)S(C)(=O)=O. The molecular formula is C21H27FN2O3S. The minimum Gasteiger partial charge on any atom is -0.352 e. The molecule has 0 unspecified atom stereocenters. The Bertz CT molecular complexity index is 888. The third-order valence-corrected chi connectivity index (χ3v) is 5.68. The molecule has 0 radical (unpaired) electrons. The van der Waals surface area contributed by atoms with Crippen molar-refractivity contribution in [1.29, 1.82) is 0 Å². The van der Waals surface area contributed by atoms with Crippen LogP contribution in [0, 0.1) is 5.82 Å². The first-order valence-electron chi connectivity index (χ1n) is 9.32. The number of rotatable bonds is 9. The van der Waals surface area contributed by atoms with Gasteiger partial charge >= 0.3 is 0 Å². The van der Waals surface area contributed by atoms with E-state index in [4.69, 9.17) is 0 Å². The smallest absolute Gasteiger partial charge is 0.244 e. The average molecular weight is 407 g/mol. The summed E-state index contributed by atoms with van der Waals surface area (Å²) in [7, 11) is -3.86. The first-order valence-corrected chi connectivity index (χ1v) is 11.2. The van der Waals surface area contributed by atoms with Crippen LogP contribution >= 0.6 is 0 Å². The lowest BCUT2D eigenvalue weighted by Gasteiger charge is -2.31. The first-order chi connectivity index (χ1) is 13.2. The van der Waals surface area contributed by atoms with Crippen LogP contribution in [0.25, 0.3) is 0 Å². The number of hydrogen-bond donors (Lipinski definition) is 1. The molecule has 2 rings (SSSR count). The Labute approximate surface area is 166 Å². The fourth-order valence-electron chi connectivity index (χ4n) is 3.10. The summed E-state index contributed by atoms with van der Waals surface area (Å²) in [5, 5.41) is 2.88. The highest BCUT2D eigenvalue weighted by Crippen LogP contribution is 2.25. The van der Waals surface area contributed by atoms with E-state index in [-0.39, 0.29) is 18.2 Å². The minimum absolute atomic E-state index is 0.121. The van der Waals surface area contributed by atoms with Gasteiger partial charge in [0.15, 0.2) is 0 Å². The molecule has 152 valence electrons. The number of nitrogens with one attached hydrogen (secondary N) is 1. The molecule has 0 aromatic heterocycles. The van der Waals surface area contributed by atoms with E-state index in [0.717, 1.165) is 17.0 Å². The van der Waals surface area contributed by atoms with Crippen molar-refractivity contribution in [2.24, 2.45) is 0 Å². The highest BCUT2D eigenvalue weighted by Gasteiger charge is 2.33. The van der Waals surface area contributed by atoms with Gasteiger partial charge in [0.1, 0.15) is 11.9 Å². The molecule has 0 aliphatic rings. The zero-order valence-corrected chi connectivity index (χ0v) is 17.2. The van der Waals surface area contributed by atoms with Crippen molar-refractivity contribution in [3.63, 3.8) is 0 Å². The average Bonchev–Trinajstić information content (AvgIpc) is 2.65. The number of hydrogen-bond acceptors (Lipinski definition) is 3. The van der Waals surface area contributed by atoms with E-state index >= 15 is 0 Å². The fourth-order valence-corrected chi connectivity index (χ4v) is 4.32. The summed E-state index contributed by atoms with van der Waals surface area (Å²) in [5.41, 5.74) is 1.05. The monoisotopic (exact) mass is 406 g/mol. The summed E-state index contributed by atoms with van der Waals surface area (Å²) in [5.74, 6) is -1.12. The summed E-state index contributed by atoms with van der Waals surface area (Å²) in [6, 6.07) is 14.3. The molecule has 0 fully saturated rings. The Balaban J connectivity index is 2.14. The molecule has 2 atom stereocenters. The summed E-state index contributed by atoms with van der Waals surface area (Å²) in [6.07, 6.45) is 2.71. The molecule has 0 aliphatic heterocycles. The van der Waals surface area contributed by atoms with Crippen molar-refractivity contribution in [2.75, 3.05) is 10.6 Å².